The highest BCUT2D eigenvalue weighted by Gasteiger charge is 2.19. The fourth-order valence-corrected chi connectivity index (χ4v) is 2.34. The van der Waals surface area contributed by atoms with E-state index in [1.54, 1.807) is 18.2 Å². The molecule has 4 nitrogen and oxygen atoms in total. The van der Waals surface area contributed by atoms with Gasteiger partial charge in [0.1, 0.15) is 0 Å². The van der Waals surface area contributed by atoms with E-state index in [0.717, 1.165) is 11.1 Å². The van der Waals surface area contributed by atoms with E-state index < -0.39 is 12.1 Å². The van der Waals surface area contributed by atoms with Crippen molar-refractivity contribution in [1.82, 2.24) is 0 Å². The molecule has 0 saturated carbocycles. The third kappa shape index (κ3) is 4.64. The number of hydrogen-bond donors (Lipinski definition) is 0. The number of allylic oxidation sites excluding steroid dienone is 1. The summed E-state index contributed by atoms with van der Waals surface area (Å²) in [6, 6.07) is 18.5. The Morgan fingerprint density at radius 3 is 1.96 bits per heavy atom. The summed E-state index contributed by atoms with van der Waals surface area (Å²) in [5.41, 5.74) is 2.22. The summed E-state index contributed by atoms with van der Waals surface area (Å²) >= 11 is 0. The van der Waals surface area contributed by atoms with Gasteiger partial charge in [0.25, 0.3) is 0 Å². The van der Waals surface area contributed by atoms with Crippen molar-refractivity contribution in [2.24, 2.45) is 0 Å². The van der Waals surface area contributed by atoms with E-state index in [0.29, 0.717) is 5.56 Å². The highest BCUT2D eigenvalue weighted by molar-refractivity contribution is 6.02. The molecule has 124 valence electrons. The van der Waals surface area contributed by atoms with Crippen LogP contribution in [0.15, 0.2) is 66.7 Å². The minimum atomic E-state index is -0.853. The topological polar surface area (TPSA) is 52.6 Å². The lowest BCUT2D eigenvalue weighted by atomic mass is 9.96. The van der Waals surface area contributed by atoms with Gasteiger partial charge in [-0.05, 0) is 17.2 Å². The van der Waals surface area contributed by atoms with Gasteiger partial charge in [-0.3, -0.25) is 4.79 Å². The lowest BCUT2D eigenvalue weighted by Gasteiger charge is -2.13. The Kier molecular flexibility index (Phi) is 6.46. The van der Waals surface area contributed by atoms with Crippen LogP contribution in [0.25, 0.3) is 5.57 Å². The van der Waals surface area contributed by atoms with E-state index in [-0.39, 0.29) is 12.2 Å². The molecule has 0 amide bonds. The van der Waals surface area contributed by atoms with Gasteiger partial charge in [0.15, 0.2) is 11.9 Å². The van der Waals surface area contributed by atoms with Crippen LogP contribution in [-0.4, -0.2) is 32.1 Å². The first-order chi connectivity index (χ1) is 11.7. The fourth-order valence-electron chi connectivity index (χ4n) is 2.34. The zero-order chi connectivity index (χ0) is 17.4. The highest BCUT2D eigenvalue weighted by atomic mass is 16.6. The summed E-state index contributed by atoms with van der Waals surface area (Å²) in [7, 11) is 2.74. The predicted molar refractivity (Wildman–Crippen MR) is 92.6 cm³/mol. The number of methoxy groups -OCH3 is 2. The second-order valence-electron chi connectivity index (χ2n) is 5.20. The molecule has 0 bridgehead atoms. The molecule has 0 aliphatic carbocycles. The maximum absolute atomic E-state index is 12.5. The molecule has 0 aliphatic rings. The zero-order valence-electron chi connectivity index (χ0n) is 13.8. The van der Waals surface area contributed by atoms with Gasteiger partial charge in [0.05, 0.1) is 7.11 Å². The minimum Gasteiger partial charge on any atom is -0.467 e. The third-order valence-corrected chi connectivity index (χ3v) is 3.63. The van der Waals surface area contributed by atoms with Crippen molar-refractivity contribution in [1.29, 1.82) is 0 Å². The summed E-state index contributed by atoms with van der Waals surface area (Å²) in [5.74, 6) is -0.525. The number of rotatable bonds is 7. The van der Waals surface area contributed by atoms with Crippen molar-refractivity contribution in [3.8, 4) is 0 Å². The van der Waals surface area contributed by atoms with Gasteiger partial charge < -0.3 is 9.47 Å². The summed E-state index contributed by atoms with van der Waals surface area (Å²) < 4.78 is 9.92. The molecule has 0 heterocycles. The molecule has 0 N–H and O–H groups in total. The Bertz CT molecular complexity index is 705. The van der Waals surface area contributed by atoms with Gasteiger partial charge in [0, 0.05) is 19.1 Å². The Morgan fingerprint density at radius 2 is 1.46 bits per heavy atom. The first-order valence-electron chi connectivity index (χ1n) is 7.60. The second kappa shape index (κ2) is 8.79. The van der Waals surface area contributed by atoms with Crippen LogP contribution in [0.4, 0.5) is 0 Å². The molecule has 0 fully saturated rings. The molecular weight excluding hydrogens is 304 g/mol. The average Bonchev–Trinajstić information content (AvgIpc) is 2.65. The summed E-state index contributed by atoms with van der Waals surface area (Å²) in [5, 5.41) is 0. The first kappa shape index (κ1) is 17.6. The largest absolute Gasteiger partial charge is 0.467 e. The Labute approximate surface area is 141 Å². The molecule has 4 heteroatoms. The van der Waals surface area contributed by atoms with E-state index in [1.807, 2.05) is 48.5 Å². The van der Waals surface area contributed by atoms with E-state index in [9.17, 15) is 9.59 Å². The maximum Gasteiger partial charge on any atom is 0.339 e. The lowest BCUT2D eigenvalue weighted by Crippen LogP contribution is -2.22. The molecule has 1 unspecified atom stereocenters. The number of benzene rings is 2. The van der Waals surface area contributed by atoms with E-state index in [4.69, 9.17) is 9.47 Å². The molecule has 0 radical (unpaired) electrons. The SMILES string of the molecule is COC(=O)C(/C=C(\CC(=O)c1ccccc1)c1ccccc1)OC. The molecule has 0 saturated heterocycles. The zero-order valence-corrected chi connectivity index (χ0v) is 13.8. The van der Waals surface area contributed by atoms with E-state index >= 15 is 0 Å². The average molecular weight is 324 g/mol. The molecule has 2 rings (SSSR count). The maximum atomic E-state index is 12.5. The molecule has 2 aromatic carbocycles. The van der Waals surface area contributed by atoms with Gasteiger partial charge in [0.2, 0.25) is 0 Å². The van der Waals surface area contributed by atoms with Gasteiger partial charge in [-0.15, -0.1) is 0 Å². The van der Waals surface area contributed by atoms with Crippen molar-refractivity contribution in [3.63, 3.8) is 0 Å². The van der Waals surface area contributed by atoms with Crippen LogP contribution in [0.3, 0.4) is 0 Å². The summed E-state index contributed by atoms with van der Waals surface area (Å²) in [4.78, 5) is 24.3. The van der Waals surface area contributed by atoms with Crippen LogP contribution in [-0.2, 0) is 14.3 Å². The van der Waals surface area contributed by atoms with E-state index in [2.05, 4.69) is 0 Å². The summed E-state index contributed by atoms with van der Waals surface area (Å²) in [6.45, 7) is 0. The standard InChI is InChI=1S/C20H20O4/c1-23-19(20(22)24-2)14-17(15-9-5-3-6-10-15)13-18(21)16-11-7-4-8-12-16/h3-12,14,19H,13H2,1-2H3/b17-14+. The quantitative estimate of drug-likeness (QED) is 0.577. The fraction of sp³-hybridized carbons (Fsp3) is 0.200. The molecule has 0 aromatic heterocycles. The van der Waals surface area contributed by atoms with Crippen LogP contribution in [0.1, 0.15) is 22.3 Å². The van der Waals surface area contributed by atoms with Crippen LogP contribution in [0, 0.1) is 0 Å². The van der Waals surface area contributed by atoms with Crippen molar-refractivity contribution in [2.45, 2.75) is 12.5 Å². The number of carbonyl (C=O) groups is 2. The number of hydrogen-bond acceptors (Lipinski definition) is 4. The molecular formula is C20H20O4. The van der Waals surface area contributed by atoms with Gasteiger partial charge >= 0.3 is 5.97 Å². The Balaban J connectivity index is 2.33. The monoisotopic (exact) mass is 324 g/mol. The number of ether oxygens (including phenoxy) is 2. The predicted octanol–water partition coefficient (Wildman–Crippen LogP) is 3.53. The van der Waals surface area contributed by atoms with Crippen molar-refractivity contribution < 1.29 is 19.1 Å². The smallest absolute Gasteiger partial charge is 0.339 e. The number of esters is 1. The third-order valence-electron chi connectivity index (χ3n) is 3.63. The number of Topliss-reactive ketones (excluding diaryl/α,β-unsaturated/α-hetero) is 1. The normalized spacial score (nSPS) is 12.5. The molecule has 0 aliphatic heterocycles. The van der Waals surface area contributed by atoms with Crippen LogP contribution in [0.2, 0.25) is 0 Å². The van der Waals surface area contributed by atoms with Crippen LogP contribution < -0.4 is 0 Å². The Morgan fingerprint density at radius 1 is 0.917 bits per heavy atom. The van der Waals surface area contributed by atoms with Gasteiger partial charge in [-0.25, -0.2) is 4.79 Å². The van der Waals surface area contributed by atoms with Crippen molar-refractivity contribution in [2.75, 3.05) is 14.2 Å². The highest BCUT2D eigenvalue weighted by Crippen LogP contribution is 2.22. The Hall–Kier alpha value is -2.72. The van der Waals surface area contributed by atoms with Crippen molar-refractivity contribution >= 4 is 17.3 Å². The second-order valence-corrected chi connectivity index (χ2v) is 5.20. The minimum absolute atomic E-state index is 0.0228. The first-order valence-corrected chi connectivity index (χ1v) is 7.60. The lowest BCUT2D eigenvalue weighted by molar-refractivity contribution is -0.149. The van der Waals surface area contributed by atoms with Crippen molar-refractivity contribution in [3.05, 3.63) is 77.9 Å². The molecule has 0 spiro atoms. The van der Waals surface area contributed by atoms with E-state index in [1.165, 1.54) is 14.2 Å². The van der Waals surface area contributed by atoms with Crippen LogP contribution in [0.5, 0.6) is 0 Å². The van der Waals surface area contributed by atoms with Crippen LogP contribution >= 0.6 is 0 Å². The van der Waals surface area contributed by atoms with Gasteiger partial charge in [-0.2, -0.15) is 0 Å². The molecule has 24 heavy (non-hydrogen) atoms. The van der Waals surface area contributed by atoms with Gasteiger partial charge in [-0.1, -0.05) is 60.7 Å². The number of carbonyl (C=O) groups excluding carboxylic acids is 2. The molecule has 2 aromatic rings. The number of ketones is 1. The summed E-state index contributed by atoms with van der Waals surface area (Å²) in [6.07, 6.45) is 0.959. The molecule has 1 atom stereocenters.